The van der Waals surface area contributed by atoms with Crippen LogP contribution in [0.15, 0.2) is 30.3 Å². The Hall–Kier alpha value is -2.04. The second-order valence-electron chi connectivity index (χ2n) is 5.55. The third kappa shape index (κ3) is 3.73. The number of hydrogen-bond donors (Lipinski definition) is 2. The summed E-state index contributed by atoms with van der Waals surface area (Å²) in [5.41, 5.74) is 0.260. The zero-order valence-corrected chi connectivity index (χ0v) is 11.5. The Bertz CT molecular complexity index is 480. The van der Waals surface area contributed by atoms with Crippen molar-refractivity contribution in [3.63, 3.8) is 0 Å². The number of carbonyl (C=O) groups excluding carboxylic acids is 1. The first-order valence-electron chi connectivity index (χ1n) is 6.70. The Morgan fingerprint density at radius 2 is 2.00 bits per heavy atom. The smallest absolute Gasteiger partial charge is 0.407 e. The maximum absolute atomic E-state index is 11.8. The van der Waals surface area contributed by atoms with Crippen LogP contribution in [-0.4, -0.2) is 22.7 Å². The fourth-order valence-electron chi connectivity index (χ4n) is 2.83. The summed E-state index contributed by atoms with van der Waals surface area (Å²) in [6.07, 6.45) is 0.749. The van der Waals surface area contributed by atoms with Crippen molar-refractivity contribution in [2.45, 2.75) is 38.3 Å². The summed E-state index contributed by atoms with van der Waals surface area (Å²) in [5, 5.41) is 11.6. The van der Waals surface area contributed by atoms with E-state index in [0.717, 1.165) is 5.56 Å². The summed E-state index contributed by atoms with van der Waals surface area (Å²) >= 11 is 0. The fourth-order valence-corrected chi connectivity index (χ4v) is 2.83. The third-order valence-corrected chi connectivity index (χ3v) is 3.55. The average Bonchev–Trinajstić information content (AvgIpc) is 2.35. The van der Waals surface area contributed by atoms with E-state index in [-0.39, 0.29) is 13.0 Å². The number of alkyl carbamates (subject to hydrolysis) is 1. The van der Waals surface area contributed by atoms with Gasteiger partial charge in [-0.15, -0.1) is 0 Å². The molecule has 0 atom stereocenters. The number of aliphatic carboxylic acids is 1. The quantitative estimate of drug-likeness (QED) is 0.867. The number of nitrogens with one attached hydrogen (secondary N) is 1. The lowest BCUT2D eigenvalue weighted by Gasteiger charge is -2.45. The molecule has 2 N–H and O–H groups in total. The van der Waals surface area contributed by atoms with E-state index in [9.17, 15) is 9.59 Å². The van der Waals surface area contributed by atoms with Crippen molar-refractivity contribution in [2.75, 3.05) is 0 Å². The van der Waals surface area contributed by atoms with E-state index in [2.05, 4.69) is 5.32 Å². The van der Waals surface area contributed by atoms with Gasteiger partial charge in [0, 0.05) is 0 Å². The number of amides is 1. The number of benzene rings is 1. The topological polar surface area (TPSA) is 75.6 Å². The molecule has 1 aromatic carbocycles. The standard InChI is InChI=1S/C15H19NO4/c1-11-7-15(8-11,9-13(17)18)16-14(19)20-10-12-5-3-2-4-6-12/h2-6,11H,7-10H2,1H3,(H,16,19)(H,17,18). The molecule has 1 saturated carbocycles. The molecule has 1 aromatic rings. The van der Waals surface area contributed by atoms with Gasteiger partial charge in [0.2, 0.25) is 0 Å². The van der Waals surface area contributed by atoms with Gasteiger partial charge in [-0.3, -0.25) is 4.79 Å². The number of carbonyl (C=O) groups is 2. The first kappa shape index (κ1) is 14.4. The monoisotopic (exact) mass is 277 g/mol. The second kappa shape index (κ2) is 5.94. The van der Waals surface area contributed by atoms with E-state index >= 15 is 0 Å². The Morgan fingerprint density at radius 1 is 1.35 bits per heavy atom. The molecule has 0 bridgehead atoms. The van der Waals surface area contributed by atoms with E-state index < -0.39 is 17.6 Å². The molecule has 20 heavy (non-hydrogen) atoms. The lowest BCUT2D eigenvalue weighted by Crippen LogP contribution is -2.57. The van der Waals surface area contributed by atoms with Gasteiger partial charge in [-0.2, -0.15) is 0 Å². The van der Waals surface area contributed by atoms with Crippen molar-refractivity contribution in [1.29, 1.82) is 0 Å². The van der Waals surface area contributed by atoms with Crippen molar-refractivity contribution in [1.82, 2.24) is 5.32 Å². The summed E-state index contributed by atoms with van der Waals surface area (Å²) in [4.78, 5) is 22.7. The SMILES string of the molecule is CC1CC(CC(=O)O)(NC(=O)OCc2ccccc2)C1. The largest absolute Gasteiger partial charge is 0.481 e. The molecule has 0 saturated heterocycles. The number of ether oxygens (including phenoxy) is 1. The van der Waals surface area contributed by atoms with Crippen molar-refractivity contribution < 1.29 is 19.4 Å². The van der Waals surface area contributed by atoms with Crippen molar-refractivity contribution >= 4 is 12.1 Å². The number of rotatable bonds is 5. The predicted molar refractivity (Wildman–Crippen MR) is 73.1 cm³/mol. The van der Waals surface area contributed by atoms with Crippen molar-refractivity contribution in [2.24, 2.45) is 5.92 Å². The van der Waals surface area contributed by atoms with Gasteiger partial charge >= 0.3 is 12.1 Å². The maximum Gasteiger partial charge on any atom is 0.407 e. The Balaban J connectivity index is 1.85. The van der Waals surface area contributed by atoms with E-state index in [1.54, 1.807) is 0 Å². The molecule has 1 aliphatic rings. The van der Waals surface area contributed by atoms with Crippen LogP contribution in [0.4, 0.5) is 4.79 Å². The van der Waals surface area contributed by atoms with Crippen LogP contribution in [-0.2, 0) is 16.1 Å². The summed E-state index contributed by atoms with van der Waals surface area (Å²) in [6, 6.07) is 9.37. The molecule has 0 radical (unpaired) electrons. The van der Waals surface area contributed by atoms with Crippen molar-refractivity contribution in [3.05, 3.63) is 35.9 Å². The molecular weight excluding hydrogens is 258 g/mol. The summed E-state index contributed by atoms with van der Waals surface area (Å²) in [7, 11) is 0. The number of carboxylic acid groups (broad SMARTS) is 1. The van der Waals surface area contributed by atoms with E-state index in [0.29, 0.717) is 18.8 Å². The molecule has 0 aromatic heterocycles. The molecule has 1 fully saturated rings. The van der Waals surface area contributed by atoms with Crippen LogP contribution in [0.5, 0.6) is 0 Å². The van der Waals surface area contributed by atoms with Gasteiger partial charge in [0.25, 0.3) is 0 Å². The first-order chi connectivity index (χ1) is 9.49. The third-order valence-electron chi connectivity index (χ3n) is 3.55. The molecule has 2 rings (SSSR count). The maximum atomic E-state index is 11.8. The van der Waals surface area contributed by atoms with Gasteiger partial charge < -0.3 is 15.2 Å². The van der Waals surface area contributed by atoms with E-state index in [1.165, 1.54) is 0 Å². The number of hydrogen-bond acceptors (Lipinski definition) is 3. The highest BCUT2D eigenvalue weighted by atomic mass is 16.5. The molecular formula is C15H19NO4. The molecule has 5 nitrogen and oxygen atoms in total. The molecule has 5 heteroatoms. The lowest BCUT2D eigenvalue weighted by atomic mass is 9.67. The zero-order valence-electron chi connectivity index (χ0n) is 11.5. The van der Waals surface area contributed by atoms with Gasteiger partial charge in [-0.1, -0.05) is 37.3 Å². The van der Waals surface area contributed by atoms with Crippen LogP contribution in [0.2, 0.25) is 0 Å². The van der Waals surface area contributed by atoms with E-state index in [1.807, 2.05) is 37.3 Å². The van der Waals surface area contributed by atoms with Gasteiger partial charge in [0.1, 0.15) is 6.61 Å². The van der Waals surface area contributed by atoms with Crippen LogP contribution in [0.25, 0.3) is 0 Å². The molecule has 1 aliphatic carbocycles. The minimum Gasteiger partial charge on any atom is -0.481 e. The normalized spacial score (nSPS) is 24.6. The van der Waals surface area contributed by atoms with Gasteiger partial charge in [0.05, 0.1) is 12.0 Å². The highest BCUT2D eigenvalue weighted by Crippen LogP contribution is 2.40. The van der Waals surface area contributed by atoms with Crippen molar-refractivity contribution in [3.8, 4) is 0 Å². The lowest BCUT2D eigenvalue weighted by molar-refractivity contribution is -0.140. The Labute approximate surface area is 117 Å². The van der Waals surface area contributed by atoms with Crippen LogP contribution < -0.4 is 5.32 Å². The first-order valence-corrected chi connectivity index (χ1v) is 6.70. The highest BCUT2D eigenvalue weighted by molar-refractivity contribution is 5.73. The summed E-state index contributed by atoms with van der Waals surface area (Å²) < 4.78 is 5.13. The number of carboxylic acids is 1. The Kier molecular flexibility index (Phi) is 4.27. The van der Waals surface area contributed by atoms with Crippen LogP contribution in [0, 0.1) is 5.92 Å². The van der Waals surface area contributed by atoms with E-state index in [4.69, 9.17) is 9.84 Å². The molecule has 1 amide bonds. The summed E-state index contributed by atoms with van der Waals surface area (Å²) in [5.74, 6) is -0.468. The average molecular weight is 277 g/mol. The van der Waals surface area contributed by atoms with Gasteiger partial charge in [-0.05, 0) is 24.3 Å². The zero-order chi connectivity index (χ0) is 14.6. The minimum absolute atomic E-state index is 0.0578. The van der Waals surface area contributed by atoms with Gasteiger partial charge in [0.15, 0.2) is 0 Å². The second-order valence-corrected chi connectivity index (χ2v) is 5.55. The van der Waals surface area contributed by atoms with Crippen LogP contribution in [0.3, 0.4) is 0 Å². The fraction of sp³-hybridized carbons (Fsp3) is 0.467. The molecule has 108 valence electrons. The summed E-state index contributed by atoms with van der Waals surface area (Å²) in [6.45, 7) is 2.22. The molecule has 0 spiro atoms. The predicted octanol–water partition coefficient (Wildman–Crippen LogP) is 2.56. The minimum atomic E-state index is -0.903. The Morgan fingerprint density at radius 3 is 2.55 bits per heavy atom. The van der Waals surface area contributed by atoms with Crippen LogP contribution in [0.1, 0.15) is 31.7 Å². The van der Waals surface area contributed by atoms with Crippen LogP contribution >= 0.6 is 0 Å². The highest BCUT2D eigenvalue weighted by Gasteiger charge is 2.45. The molecule has 0 unspecified atom stereocenters. The molecule has 0 aliphatic heterocycles. The molecule has 0 heterocycles. The van der Waals surface area contributed by atoms with Gasteiger partial charge in [-0.25, -0.2) is 4.79 Å².